The summed E-state index contributed by atoms with van der Waals surface area (Å²) in [7, 11) is 0. The number of nitrogens with one attached hydrogen (secondary N) is 2. The van der Waals surface area contributed by atoms with Crippen molar-refractivity contribution >= 4 is 39.2 Å². The average molecular weight is 450 g/mol. The van der Waals surface area contributed by atoms with E-state index in [9.17, 15) is 18.8 Å². The Balaban J connectivity index is 1.53. The fourth-order valence-corrected chi connectivity index (χ4v) is 4.19. The lowest BCUT2D eigenvalue weighted by atomic mass is 10.1. The number of aromatic nitrogens is 2. The van der Waals surface area contributed by atoms with Gasteiger partial charge in [0.25, 0.3) is 5.56 Å². The molecule has 9 heteroatoms. The van der Waals surface area contributed by atoms with Gasteiger partial charge in [-0.05, 0) is 48.7 Å². The van der Waals surface area contributed by atoms with Crippen LogP contribution in [0.5, 0.6) is 0 Å². The molecule has 2 aromatic heterocycles. The first-order valence-electron chi connectivity index (χ1n) is 9.73. The second-order valence-electron chi connectivity index (χ2n) is 7.26. The van der Waals surface area contributed by atoms with Crippen LogP contribution in [0.3, 0.4) is 0 Å². The van der Waals surface area contributed by atoms with E-state index in [2.05, 4.69) is 15.6 Å². The van der Waals surface area contributed by atoms with Crippen molar-refractivity contribution < 1.29 is 14.0 Å². The summed E-state index contributed by atoms with van der Waals surface area (Å²) in [5, 5.41) is 6.99. The van der Waals surface area contributed by atoms with Crippen molar-refractivity contribution in [2.75, 3.05) is 5.32 Å². The van der Waals surface area contributed by atoms with Gasteiger partial charge in [0, 0.05) is 16.6 Å². The molecule has 162 valence electrons. The van der Waals surface area contributed by atoms with Crippen LogP contribution in [0.2, 0.25) is 0 Å². The first kappa shape index (κ1) is 21.4. The molecule has 2 heterocycles. The zero-order chi connectivity index (χ0) is 22.8. The summed E-state index contributed by atoms with van der Waals surface area (Å²) in [5.41, 5.74) is 3.37. The minimum atomic E-state index is -0.687. The molecule has 0 aliphatic carbocycles. The Morgan fingerprint density at radius 2 is 1.88 bits per heavy atom. The highest BCUT2D eigenvalue weighted by atomic mass is 32.1. The van der Waals surface area contributed by atoms with E-state index in [0.29, 0.717) is 27.0 Å². The van der Waals surface area contributed by atoms with Crippen molar-refractivity contribution in [3.8, 4) is 11.1 Å². The fraction of sp³-hybridized carbons (Fsp3) is 0.130. The quantitative estimate of drug-likeness (QED) is 0.487. The number of benzene rings is 2. The first-order valence-corrected chi connectivity index (χ1v) is 10.6. The number of fused-ring (bicyclic) bond motifs is 1. The third-order valence-electron chi connectivity index (χ3n) is 5.14. The number of nitrogens with zero attached hydrogens (tertiary/aromatic N) is 2. The van der Waals surface area contributed by atoms with Gasteiger partial charge in [0.05, 0.1) is 11.7 Å². The molecule has 3 amide bonds. The van der Waals surface area contributed by atoms with E-state index >= 15 is 0 Å². The van der Waals surface area contributed by atoms with Crippen molar-refractivity contribution in [3.05, 3.63) is 81.5 Å². The summed E-state index contributed by atoms with van der Waals surface area (Å²) >= 11 is 1.29. The summed E-state index contributed by atoms with van der Waals surface area (Å²) in [5.74, 6) is -1.03. The Hall–Kier alpha value is -3.85. The average Bonchev–Trinajstić information content (AvgIpc) is 3.19. The second kappa shape index (κ2) is 8.72. The standard InChI is InChI=1S/C23H19FN4O3S/c1-13-4-3-5-18(14(13)2)26-23(31)27-19(29)10-28-12-25-21-20(22(28)30)17(11-32-21)15-6-8-16(24)9-7-15/h3-9,11-12H,10H2,1-2H3,(H2,26,27,29,31). The van der Waals surface area contributed by atoms with Gasteiger partial charge in [0.15, 0.2) is 0 Å². The van der Waals surface area contributed by atoms with E-state index in [0.717, 1.165) is 15.7 Å². The van der Waals surface area contributed by atoms with Crippen molar-refractivity contribution in [1.29, 1.82) is 0 Å². The largest absolute Gasteiger partial charge is 0.325 e. The molecule has 32 heavy (non-hydrogen) atoms. The lowest BCUT2D eigenvalue weighted by Gasteiger charge is -2.11. The van der Waals surface area contributed by atoms with Crippen molar-refractivity contribution in [2.24, 2.45) is 0 Å². The number of anilines is 1. The van der Waals surface area contributed by atoms with E-state index in [4.69, 9.17) is 0 Å². The Bertz CT molecular complexity index is 1390. The zero-order valence-electron chi connectivity index (χ0n) is 17.3. The molecule has 0 bridgehead atoms. The molecule has 0 atom stereocenters. The molecular formula is C23H19FN4O3S. The second-order valence-corrected chi connectivity index (χ2v) is 8.12. The summed E-state index contributed by atoms with van der Waals surface area (Å²) < 4.78 is 14.4. The molecular weight excluding hydrogens is 431 g/mol. The minimum absolute atomic E-state index is 0.344. The Morgan fingerprint density at radius 3 is 2.62 bits per heavy atom. The number of imide groups is 1. The monoisotopic (exact) mass is 450 g/mol. The zero-order valence-corrected chi connectivity index (χ0v) is 18.1. The normalized spacial score (nSPS) is 10.8. The summed E-state index contributed by atoms with van der Waals surface area (Å²) in [6, 6.07) is 10.6. The van der Waals surface area contributed by atoms with Crippen LogP contribution in [0.4, 0.5) is 14.9 Å². The third-order valence-corrected chi connectivity index (χ3v) is 6.02. The van der Waals surface area contributed by atoms with Crippen LogP contribution in [0.1, 0.15) is 11.1 Å². The first-order chi connectivity index (χ1) is 15.3. The van der Waals surface area contributed by atoms with Gasteiger partial charge in [-0.25, -0.2) is 14.2 Å². The van der Waals surface area contributed by atoms with Crippen molar-refractivity contribution in [1.82, 2.24) is 14.9 Å². The molecule has 2 aromatic carbocycles. The van der Waals surface area contributed by atoms with Gasteiger partial charge >= 0.3 is 6.03 Å². The molecule has 2 N–H and O–H groups in total. The van der Waals surface area contributed by atoms with Crippen molar-refractivity contribution in [2.45, 2.75) is 20.4 Å². The van der Waals surface area contributed by atoms with Gasteiger partial charge in [0.1, 0.15) is 17.2 Å². The number of hydrogen-bond donors (Lipinski definition) is 2. The van der Waals surface area contributed by atoms with Gasteiger partial charge in [-0.15, -0.1) is 11.3 Å². The highest BCUT2D eigenvalue weighted by molar-refractivity contribution is 7.17. The van der Waals surface area contributed by atoms with Crippen LogP contribution in [-0.2, 0) is 11.3 Å². The highest BCUT2D eigenvalue weighted by Crippen LogP contribution is 2.30. The van der Waals surface area contributed by atoms with E-state index in [1.807, 2.05) is 19.9 Å². The molecule has 0 aliphatic rings. The van der Waals surface area contributed by atoms with Gasteiger partial charge in [0.2, 0.25) is 5.91 Å². The molecule has 0 fully saturated rings. The summed E-state index contributed by atoms with van der Waals surface area (Å²) in [6.07, 6.45) is 1.28. The molecule has 7 nitrogen and oxygen atoms in total. The van der Waals surface area contributed by atoms with Crippen LogP contribution < -0.4 is 16.2 Å². The predicted molar refractivity (Wildman–Crippen MR) is 122 cm³/mol. The van der Waals surface area contributed by atoms with Gasteiger partial charge in [-0.1, -0.05) is 24.3 Å². The Kier molecular flexibility index (Phi) is 5.83. The number of carbonyl (C=O) groups excluding carboxylic acids is 2. The molecule has 0 aliphatic heterocycles. The van der Waals surface area contributed by atoms with Crippen LogP contribution >= 0.6 is 11.3 Å². The maximum Gasteiger partial charge on any atom is 0.325 e. The smallest absolute Gasteiger partial charge is 0.307 e. The predicted octanol–water partition coefficient (Wildman–Crippen LogP) is 4.23. The molecule has 0 radical (unpaired) electrons. The molecule has 0 saturated heterocycles. The maximum absolute atomic E-state index is 13.3. The van der Waals surface area contributed by atoms with E-state index in [1.54, 1.807) is 29.6 Å². The number of aryl methyl sites for hydroxylation is 1. The molecule has 0 saturated carbocycles. The Labute approximate surface area is 186 Å². The lowest BCUT2D eigenvalue weighted by Crippen LogP contribution is -2.38. The fourth-order valence-electron chi connectivity index (χ4n) is 3.28. The number of hydrogen-bond acceptors (Lipinski definition) is 5. The van der Waals surface area contributed by atoms with E-state index in [1.165, 1.54) is 29.8 Å². The van der Waals surface area contributed by atoms with Crippen LogP contribution in [0, 0.1) is 19.7 Å². The van der Waals surface area contributed by atoms with Crippen LogP contribution in [0.15, 0.2) is 59.0 Å². The van der Waals surface area contributed by atoms with E-state index < -0.39 is 17.5 Å². The number of thiophene rings is 1. The van der Waals surface area contributed by atoms with Crippen molar-refractivity contribution in [3.63, 3.8) is 0 Å². The summed E-state index contributed by atoms with van der Waals surface area (Å²) in [4.78, 5) is 42.4. The number of amides is 3. The summed E-state index contributed by atoms with van der Waals surface area (Å²) in [6.45, 7) is 3.41. The number of carbonyl (C=O) groups is 2. The maximum atomic E-state index is 13.3. The SMILES string of the molecule is Cc1cccc(NC(=O)NC(=O)Cn2cnc3scc(-c4ccc(F)cc4)c3c2=O)c1C. The molecule has 0 unspecified atom stereocenters. The highest BCUT2D eigenvalue weighted by Gasteiger charge is 2.16. The number of halogens is 1. The van der Waals surface area contributed by atoms with Crippen LogP contribution in [-0.4, -0.2) is 21.5 Å². The van der Waals surface area contributed by atoms with Gasteiger partial charge in [-0.3, -0.25) is 19.5 Å². The minimum Gasteiger partial charge on any atom is -0.307 e. The number of urea groups is 1. The topological polar surface area (TPSA) is 93.1 Å². The van der Waals surface area contributed by atoms with Gasteiger partial charge < -0.3 is 5.32 Å². The van der Waals surface area contributed by atoms with Gasteiger partial charge in [-0.2, -0.15) is 0 Å². The Morgan fingerprint density at radius 1 is 1.12 bits per heavy atom. The third kappa shape index (κ3) is 4.28. The van der Waals surface area contributed by atoms with E-state index in [-0.39, 0.29) is 12.4 Å². The molecule has 0 spiro atoms. The van der Waals surface area contributed by atoms with Crippen LogP contribution in [0.25, 0.3) is 21.3 Å². The number of rotatable bonds is 4. The molecule has 4 aromatic rings. The lowest BCUT2D eigenvalue weighted by molar-refractivity contribution is -0.120. The molecule has 4 rings (SSSR count).